The molecule has 0 unspecified atom stereocenters. The Labute approximate surface area is 130 Å². The molecule has 1 aliphatic rings. The smallest absolute Gasteiger partial charge is 0.189 e. The Hall–Kier alpha value is -0.830. The van der Waals surface area contributed by atoms with Gasteiger partial charge in [0.2, 0.25) is 0 Å². The predicted molar refractivity (Wildman–Crippen MR) is 86.5 cm³/mol. The van der Waals surface area contributed by atoms with Gasteiger partial charge in [-0.3, -0.25) is 0 Å². The minimum Gasteiger partial charge on any atom is -0.370 e. The van der Waals surface area contributed by atoms with E-state index in [-0.39, 0.29) is 24.0 Å². The van der Waals surface area contributed by atoms with Gasteiger partial charge >= 0.3 is 0 Å². The Morgan fingerprint density at radius 3 is 2.42 bits per heavy atom. The normalized spacial score (nSPS) is 15.7. The Kier molecular flexibility index (Phi) is 5.60. The minimum absolute atomic E-state index is 0. The maximum atomic E-state index is 11.3. The SMILES string of the molecule is CS(=O)(=O)c1ccc(CN=C(N)NC2CC2)cc1.I. The van der Waals surface area contributed by atoms with Gasteiger partial charge in [0, 0.05) is 12.3 Å². The molecule has 1 aromatic carbocycles. The highest BCUT2D eigenvalue weighted by molar-refractivity contribution is 14.0. The lowest BCUT2D eigenvalue weighted by Crippen LogP contribution is -2.33. The van der Waals surface area contributed by atoms with Crippen LogP contribution in [-0.4, -0.2) is 26.7 Å². The average molecular weight is 395 g/mol. The molecule has 0 saturated heterocycles. The highest BCUT2D eigenvalue weighted by Gasteiger charge is 2.21. The number of nitrogens with two attached hydrogens (primary N) is 1. The first-order valence-corrected chi connectivity index (χ1v) is 7.70. The van der Waals surface area contributed by atoms with Crippen LogP contribution in [0.15, 0.2) is 34.2 Å². The Balaban J connectivity index is 0.00000180. The maximum Gasteiger partial charge on any atom is 0.189 e. The van der Waals surface area contributed by atoms with Gasteiger partial charge in [0.1, 0.15) is 0 Å². The molecule has 1 aromatic rings. The molecule has 106 valence electrons. The molecule has 1 saturated carbocycles. The van der Waals surface area contributed by atoms with Crippen LogP contribution in [-0.2, 0) is 16.4 Å². The minimum atomic E-state index is -3.13. The summed E-state index contributed by atoms with van der Waals surface area (Å²) in [6, 6.07) is 7.17. The Morgan fingerprint density at radius 1 is 1.37 bits per heavy atom. The lowest BCUT2D eigenvalue weighted by Gasteiger charge is -2.04. The van der Waals surface area contributed by atoms with Crippen molar-refractivity contribution in [2.24, 2.45) is 10.7 Å². The van der Waals surface area contributed by atoms with E-state index in [4.69, 9.17) is 5.73 Å². The molecule has 0 aromatic heterocycles. The van der Waals surface area contributed by atoms with Gasteiger partial charge in [-0.15, -0.1) is 24.0 Å². The summed E-state index contributed by atoms with van der Waals surface area (Å²) in [6.07, 6.45) is 3.50. The standard InChI is InChI=1S/C12H17N3O2S.HI/c1-18(16,17)11-6-2-9(3-7-11)8-14-12(13)15-10-4-5-10;/h2-3,6-7,10H,4-5,8H2,1H3,(H3,13,14,15);1H. The number of aliphatic imine (C=N–C) groups is 1. The number of rotatable bonds is 4. The molecule has 1 aliphatic carbocycles. The summed E-state index contributed by atoms with van der Waals surface area (Å²) in [7, 11) is -3.13. The summed E-state index contributed by atoms with van der Waals surface area (Å²) in [4.78, 5) is 4.52. The van der Waals surface area contributed by atoms with Crippen LogP contribution in [0.25, 0.3) is 0 Å². The van der Waals surface area contributed by atoms with Crippen LogP contribution < -0.4 is 11.1 Å². The Morgan fingerprint density at radius 2 is 1.95 bits per heavy atom. The van der Waals surface area contributed by atoms with E-state index in [2.05, 4.69) is 10.3 Å². The number of sulfone groups is 1. The van der Waals surface area contributed by atoms with Crippen LogP contribution in [0.3, 0.4) is 0 Å². The van der Waals surface area contributed by atoms with Crippen molar-refractivity contribution >= 4 is 39.8 Å². The van der Waals surface area contributed by atoms with Crippen molar-refractivity contribution in [1.29, 1.82) is 0 Å². The zero-order valence-electron chi connectivity index (χ0n) is 10.7. The van der Waals surface area contributed by atoms with Crippen molar-refractivity contribution in [3.05, 3.63) is 29.8 Å². The highest BCUT2D eigenvalue weighted by Crippen LogP contribution is 2.18. The number of guanidine groups is 1. The van der Waals surface area contributed by atoms with Crippen molar-refractivity contribution in [2.45, 2.75) is 30.3 Å². The van der Waals surface area contributed by atoms with Crippen LogP contribution in [0.2, 0.25) is 0 Å². The number of halogens is 1. The Bertz CT molecular complexity index is 551. The van der Waals surface area contributed by atoms with E-state index >= 15 is 0 Å². The summed E-state index contributed by atoms with van der Waals surface area (Å²) >= 11 is 0. The molecule has 0 amide bonds. The molecule has 0 bridgehead atoms. The highest BCUT2D eigenvalue weighted by atomic mass is 127. The third-order valence-electron chi connectivity index (χ3n) is 2.71. The van der Waals surface area contributed by atoms with Crippen LogP contribution in [0, 0.1) is 0 Å². The molecule has 0 heterocycles. The fourth-order valence-corrected chi connectivity index (χ4v) is 2.13. The quantitative estimate of drug-likeness (QED) is 0.457. The molecular weight excluding hydrogens is 377 g/mol. The van der Waals surface area contributed by atoms with E-state index in [1.807, 2.05) is 0 Å². The molecule has 0 radical (unpaired) electrons. The summed E-state index contributed by atoms with van der Waals surface area (Å²) in [5.41, 5.74) is 6.64. The van der Waals surface area contributed by atoms with Gasteiger partial charge in [-0.05, 0) is 30.5 Å². The molecular formula is C12H18IN3O2S. The fraction of sp³-hybridized carbons (Fsp3) is 0.417. The second-order valence-electron chi connectivity index (χ2n) is 4.54. The van der Waals surface area contributed by atoms with Crippen molar-refractivity contribution in [1.82, 2.24) is 5.32 Å². The second kappa shape index (κ2) is 6.56. The monoisotopic (exact) mass is 395 g/mol. The average Bonchev–Trinajstić information content (AvgIpc) is 3.10. The van der Waals surface area contributed by atoms with Gasteiger partial charge in [0.25, 0.3) is 0 Å². The van der Waals surface area contributed by atoms with E-state index < -0.39 is 9.84 Å². The third kappa shape index (κ3) is 5.35. The fourth-order valence-electron chi connectivity index (χ4n) is 1.50. The van der Waals surface area contributed by atoms with Crippen LogP contribution >= 0.6 is 24.0 Å². The summed E-state index contributed by atoms with van der Waals surface area (Å²) in [6.45, 7) is 0.454. The number of benzene rings is 1. The molecule has 19 heavy (non-hydrogen) atoms. The van der Waals surface area contributed by atoms with Crippen LogP contribution in [0.5, 0.6) is 0 Å². The summed E-state index contributed by atoms with van der Waals surface area (Å²) in [5.74, 6) is 0.449. The van der Waals surface area contributed by atoms with Crippen LogP contribution in [0.4, 0.5) is 0 Å². The van der Waals surface area contributed by atoms with Crippen LogP contribution in [0.1, 0.15) is 18.4 Å². The van der Waals surface area contributed by atoms with E-state index in [9.17, 15) is 8.42 Å². The van der Waals surface area contributed by atoms with E-state index in [0.29, 0.717) is 23.4 Å². The molecule has 0 spiro atoms. The van der Waals surface area contributed by atoms with E-state index in [1.54, 1.807) is 24.3 Å². The molecule has 5 nitrogen and oxygen atoms in total. The van der Waals surface area contributed by atoms with Crippen molar-refractivity contribution in [3.63, 3.8) is 0 Å². The summed E-state index contributed by atoms with van der Waals surface area (Å²) < 4.78 is 22.6. The topological polar surface area (TPSA) is 84.5 Å². The zero-order valence-corrected chi connectivity index (χ0v) is 13.8. The van der Waals surface area contributed by atoms with Crippen molar-refractivity contribution in [3.8, 4) is 0 Å². The van der Waals surface area contributed by atoms with Gasteiger partial charge in [-0.1, -0.05) is 12.1 Å². The maximum absolute atomic E-state index is 11.3. The van der Waals surface area contributed by atoms with Gasteiger partial charge < -0.3 is 11.1 Å². The lowest BCUT2D eigenvalue weighted by molar-refractivity contribution is 0.602. The zero-order chi connectivity index (χ0) is 13.2. The van der Waals surface area contributed by atoms with Gasteiger partial charge in [0.15, 0.2) is 15.8 Å². The predicted octanol–water partition coefficient (Wildman–Crippen LogP) is 1.27. The van der Waals surface area contributed by atoms with Crippen molar-refractivity contribution in [2.75, 3.05) is 6.26 Å². The number of hydrogen-bond donors (Lipinski definition) is 2. The largest absolute Gasteiger partial charge is 0.370 e. The molecule has 3 N–H and O–H groups in total. The van der Waals surface area contributed by atoms with Gasteiger partial charge in [-0.2, -0.15) is 0 Å². The number of nitrogens with zero attached hydrogens (tertiary/aromatic N) is 1. The molecule has 7 heteroatoms. The van der Waals surface area contributed by atoms with Gasteiger partial charge in [-0.25, -0.2) is 13.4 Å². The lowest BCUT2D eigenvalue weighted by atomic mass is 10.2. The third-order valence-corrected chi connectivity index (χ3v) is 3.84. The molecule has 2 rings (SSSR count). The number of nitrogens with one attached hydrogen (secondary N) is 1. The van der Waals surface area contributed by atoms with E-state index in [1.165, 1.54) is 6.26 Å². The molecule has 0 aliphatic heterocycles. The molecule has 1 fully saturated rings. The van der Waals surface area contributed by atoms with Crippen molar-refractivity contribution < 1.29 is 8.42 Å². The first kappa shape index (κ1) is 16.2. The first-order valence-electron chi connectivity index (χ1n) is 5.80. The number of hydrogen-bond acceptors (Lipinski definition) is 3. The second-order valence-corrected chi connectivity index (χ2v) is 6.55. The van der Waals surface area contributed by atoms with Gasteiger partial charge in [0.05, 0.1) is 11.4 Å². The summed E-state index contributed by atoms with van der Waals surface area (Å²) in [5, 5.41) is 3.09. The van der Waals surface area contributed by atoms with E-state index in [0.717, 1.165) is 18.4 Å². The first-order chi connectivity index (χ1) is 8.45. The molecule has 0 atom stereocenters.